The number of ether oxygens (including phenoxy) is 3. The number of carbonyl (C=O) groups is 4. The monoisotopic (exact) mass is 723 g/mol. The van der Waals surface area contributed by atoms with Crippen molar-refractivity contribution in [3.05, 3.63) is 94.5 Å². The summed E-state index contributed by atoms with van der Waals surface area (Å²) >= 11 is 14.3. The number of alkyl carbamates (subject to hydrolysis) is 1. The summed E-state index contributed by atoms with van der Waals surface area (Å²) in [6, 6.07) is 20.1. The Morgan fingerprint density at radius 3 is 2.10 bits per heavy atom. The molecule has 0 radical (unpaired) electrons. The van der Waals surface area contributed by atoms with Crippen LogP contribution in [0.5, 0.6) is 11.5 Å². The highest BCUT2D eigenvalue weighted by atomic mass is 35.5. The van der Waals surface area contributed by atoms with Gasteiger partial charge in [-0.05, 0) is 43.4 Å². The zero-order valence-corrected chi connectivity index (χ0v) is 30.1. The lowest BCUT2D eigenvalue weighted by molar-refractivity contribution is -0.134. The van der Waals surface area contributed by atoms with Crippen LogP contribution in [0.4, 0.5) is 4.79 Å². The first-order valence-electron chi connectivity index (χ1n) is 15.8. The van der Waals surface area contributed by atoms with Crippen molar-refractivity contribution in [1.29, 1.82) is 0 Å². The molecule has 0 bridgehead atoms. The van der Waals surface area contributed by atoms with Crippen LogP contribution in [0.25, 0.3) is 0 Å². The first kappa shape index (κ1) is 36.2. The van der Waals surface area contributed by atoms with E-state index in [4.69, 9.17) is 38.0 Å². The minimum atomic E-state index is -1.40. The summed E-state index contributed by atoms with van der Waals surface area (Å²) in [7, 11) is 0. The fourth-order valence-corrected chi connectivity index (χ4v) is 9.09. The van der Waals surface area contributed by atoms with Crippen LogP contribution in [0, 0.1) is 5.92 Å². The molecular formula is C36H38ClN3O7S2. The summed E-state index contributed by atoms with van der Waals surface area (Å²) in [5, 5.41) is 5.49. The number of carbonyl (C=O) groups excluding carboxylic acids is 4. The molecule has 2 aliphatic heterocycles. The van der Waals surface area contributed by atoms with Crippen LogP contribution >= 0.6 is 35.6 Å². The van der Waals surface area contributed by atoms with Gasteiger partial charge in [-0.3, -0.25) is 14.4 Å². The number of thioether (sulfide) groups is 1. The summed E-state index contributed by atoms with van der Waals surface area (Å²) in [5.41, 5.74) is 2.07. The predicted molar refractivity (Wildman–Crippen MR) is 191 cm³/mol. The summed E-state index contributed by atoms with van der Waals surface area (Å²) in [6.07, 6.45) is -0.00996. The van der Waals surface area contributed by atoms with Crippen molar-refractivity contribution in [3.63, 3.8) is 0 Å². The normalized spacial score (nSPS) is 20.2. The Morgan fingerprint density at radius 2 is 1.51 bits per heavy atom. The van der Waals surface area contributed by atoms with Crippen LogP contribution in [0.1, 0.15) is 57.4 Å². The van der Waals surface area contributed by atoms with Gasteiger partial charge in [0.25, 0.3) is 0 Å². The number of amides is 2. The fraction of sp³-hybridized carbons (Fsp3) is 0.361. The van der Waals surface area contributed by atoms with Crippen LogP contribution in [0.2, 0.25) is 5.02 Å². The summed E-state index contributed by atoms with van der Waals surface area (Å²) < 4.78 is 15.7. The van der Waals surface area contributed by atoms with Crippen molar-refractivity contribution in [2.75, 3.05) is 0 Å². The molecule has 2 saturated heterocycles. The number of fused-ring (bicyclic) bond motifs is 1. The van der Waals surface area contributed by atoms with Gasteiger partial charge < -0.3 is 29.7 Å². The Labute approximate surface area is 300 Å². The van der Waals surface area contributed by atoms with E-state index < -0.39 is 36.0 Å². The Bertz CT molecular complexity index is 1740. The van der Waals surface area contributed by atoms with Gasteiger partial charge in [-0.2, -0.15) is 0 Å². The molecule has 5 atom stereocenters. The third-order valence-corrected chi connectivity index (χ3v) is 10.8. The molecule has 0 spiro atoms. The third kappa shape index (κ3) is 8.37. The number of hydrogen-bond donors (Lipinski definition) is 2. The highest BCUT2D eigenvalue weighted by Gasteiger charge is 2.60. The minimum Gasteiger partial charge on any atom is -0.445 e. The van der Waals surface area contributed by atoms with Crippen LogP contribution in [-0.4, -0.2) is 56.0 Å². The molecule has 2 unspecified atom stereocenters. The van der Waals surface area contributed by atoms with Crippen molar-refractivity contribution in [2.24, 2.45) is 5.92 Å². The van der Waals surface area contributed by atoms with E-state index in [0.29, 0.717) is 4.99 Å². The number of rotatable bonds is 11. The molecule has 2 amide bonds. The number of nitrogens with zero attached hydrogens (tertiary/aromatic N) is 1. The standard InChI is InChI=1S/C36H38ClN3O7S2/c1-20(16-23-12-8-6-9-13-23)31-36(4,5)49-34-30(33(48)40(31)34)38-32(43)29(39-35(44)45-19-24-14-10-7-11-15-24)25-17-27(46-21(2)41)28(18-26(25)37)47-22(3)42/h6-15,17-18,20,29-31,34H,16,19H2,1-5H3,(H,38,43)(H,39,44)/t20?,29?,30-,31-,34+/m0/s1. The summed E-state index contributed by atoms with van der Waals surface area (Å²) in [6.45, 7) is 8.92. The van der Waals surface area contributed by atoms with E-state index in [0.717, 1.165) is 12.0 Å². The average molecular weight is 724 g/mol. The topological polar surface area (TPSA) is 123 Å². The van der Waals surface area contributed by atoms with Gasteiger partial charge in [0.05, 0.1) is 5.02 Å². The predicted octanol–water partition coefficient (Wildman–Crippen LogP) is 6.38. The van der Waals surface area contributed by atoms with E-state index in [9.17, 15) is 19.2 Å². The van der Waals surface area contributed by atoms with Crippen molar-refractivity contribution in [3.8, 4) is 11.5 Å². The Kier molecular flexibility index (Phi) is 11.2. The molecule has 2 fully saturated rings. The molecule has 258 valence electrons. The van der Waals surface area contributed by atoms with E-state index in [-0.39, 0.29) is 50.8 Å². The van der Waals surface area contributed by atoms with Crippen molar-refractivity contribution in [1.82, 2.24) is 15.5 Å². The number of thiocarbonyl (C=S) groups is 1. The first-order valence-corrected chi connectivity index (χ1v) is 17.4. The molecule has 5 rings (SSSR count). The second-order valence-electron chi connectivity index (χ2n) is 12.6. The SMILES string of the molecule is CC(=O)Oc1cc(Cl)c(C(NC(=O)OCc2ccccc2)C(=O)N[C@H]2C(=S)N3[C@@H]2SC(C)(C)[C@@H]3C(C)Cc2ccccc2)cc1OC(C)=O. The molecule has 0 aliphatic carbocycles. The van der Waals surface area contributed by atoms with Crippen LogP contribution in [0.3, 0.4) is 0 Å². The van der Waals surface area contributed by atoms with Gasteiger partial charge in [0.15, 0.2) is 11.5 Å². The van der Waals surface area contributed by atoms with Gasteiger partial charge in [0.2, 0.25) is 5.91 Å². The highest BCUT2D eigenvalue weighted by Crippen LogP contribution is 2.53. The molecule has 3 aromatic carbocycles. The Balaban J connectivity index is 1.39. The van der Waals surface area contributed by atoms with Crippen molar-refractivity contribution < 1.29 is 33.4 Å². The molecule has 49 heavy (non-hydrogen) atoms. The smallest absolute Gasteiger partial charge is 0.408 e. The Morgan fingerprint density at radius 1 is 0.939 bits per heavy atom. The Hall–Kier alpha value is -4.13. The maximum Gasteiger partial charge on any atom is 0.408 e. The van der Waals surface area contributed by atoms with Gasteiger partial charge in [-0.15, -0.1) is 11.8 Å². The number of esters is 2. The zero-order chi connectivity index (χ0) is 35.5. The maximum absolute atomic E-state index is 14.1. The molecule has 0 saturated carbocycles. The molecule has 2 heterocycles. The molecule has 2 aliphatic rings. The van der Waals surface area contributed by atoms with Crippen LogP contribution in [-0.2, 0) is 32.1 Å². The van der Waals surface area contributed by atoms with Gasteiger partial charge in [0, 0.05) is 36.3 Å². The van der Waals surface area contributed by atoms with Crippen molar-refractivity contribution >= 4 is 64.5 Å². The van der Waals surface area contributed by atoms with Crippen molar-refractivity contribution in [2.45, 2.75) is 75.9 Å². The lowest BCUT2D eigenvalue weighted by Crippen LogP contribution is -2.70. The molecule has 2 N–H and O–H groups in total. The molecule has 3 aromatic rings. The highest BCUT2D eigenvalue weighted by molar-refractivity contribution is 8.01. The van der Waals surface area contributed by atoms with Gasteiger partial charge >= 0.3 is 18.0 Å². The van der Waals surface area contributed by atoms with Crippen LogP contribution < -0.4 is 20.1 Å². The minimum absolute atomic E-state index is 0.0281. The largest absolute Gasteiger partial charge is 0.445 e. The second kappa shape index (κ2) is 15.2. The lowest BCUT2D eigenvalue weighted by Gasteiger charge is -2.49. The van der Waals surface area contributed by atoms with Gasteiger partial charge in [0.1, 0.15) is 29.1 Å². The number of halogens is 1. The average Bonchev–Trinajstić information content (AvgIpc) is 3.30. The van der Waals surface area contributed by atoms with Gasteiger partial charge in [-0.1, -0.05) is 91.4 Å². The summed E-state index contributed by atoms with van der Waals surface area (Å²) in [5.74, 6) is -2.00. The fourth-order valence-electron chi connectivity index (χ4n) is 6.46. The zero-order valence-electron chi connectivity index (χ0n) is 27.7. The number of hydrogen-bond acceptors (Lipinski definition) is 9. The second-order valence-corrected chi connectivity index (χ2v) is 15.2. The maximum atomic E-state index is 14.1. The van der Waals surface area contributed by atoms with E-state index in [1.807, 2.05) is 36.4 Å². The first-order chi connectivity index (χ1) is 23.2. The quantitative estimate of drug-likeness (QED) is 0.131. The number of benzene rings is 3. The molecule has 0 aromatic heterocycles. The van der Waals surface area contributed by atoms with E-state index >= 15 is 0 Å². The molecular weight excluding hydrogens is 686 g/mol. The summed E-state index contributed by atoms with van der Waals surface area (Å²) in [4.78, 5) is 53.7. The van der Waals surface area contributed by atoms with E-state index in [2.05, 4.69) is 48.4 Å². The third-order valence-electron chi connectivity index (χ3n) is 8.37. The van der Waals surface area contributed by atoms with E-state index in [1.54, 1.807) is 23.9 Å². The molecule has 10 nitrogen and oxygen atoms in total. The molecule has 13 heteroatoms. The van der Waals surface area contributed by atoms with Crippen LogP contribution in [0.15, 0.2) is 72.8 Å². The lowest BCUT2D eigenvalue weighted by atomic mass is 9.83. The van der Waals surface area contributed by atoms with Gasteiger partial charge in [-0.25, -0.2) is 4.79 Å². The van der Waals surface area contributed by atoms with E-state index in [1.165, 1.54) is 31.5 Å². The number of nitrogens with one attached hydrogen (secondary N) is 2.